The molecular formula is C66H92N4O8S4. The lowest BCUT2D eigenvalue weighted by Crippen LogP contribution is -2.38. The van der Waals surface area contributed by atoms with Crippen molar-refractivity contribution >= 4 is 120 Å². The number of aromatic nitrogens is 2. The van der Waals surface area contributed by atoms with E-state index < -0.39 is 34.2 Å². The Balaban J connectivity index is 1.67. The first kappa shape index (κ1) is 66.4. The molecule has 0 saturated carbocycles. The molecule has 0 aliphatic heterocycles. The first-order valence-corrected chi connectivity index (χ1v) is 35.0. The van der Waals surface area contributed by atoms with E-state index in [9.17, 15) is 14.9 Å². The molecule has 448 valence electrons. The predicted molar refractivity (Wildman–Crippen MR) is 347 cm³/mol. The van der Waals surface area contributed by atoms with Crippen LogP contribution in [0, 0.1) is 29.7 Å². The normalized spacial score (nSPS) is 12.5. The van der Waals surface area contributed by atoms with Crippen LogP contribution in [-0.4, -0.2) is 34.3 Å². The second-order valence-electron chi connectivity index (χ2n) is 22.8. The molecule has 0 fully saturated rings. The Morgan fingerprint density at radius 3 is 1.00 bits per heavy atom. The minimum Gasteiger partial charge on any atom is -0.471 e. The van der Waals surface area contributed by atoms with Gasteiger partial charge in [0.15, 0.2) is 5.57 Å². The highest BCUT2D eigenvalue weighted by atomic mass is 32.2. The Morgan fingerprint density at radius 2 is 0.720 bits per heavy atom. The van der Waals surface area contributed by atoms with E-state index in [4.69, 9.17) is 16.0 Å². The number of nitriles is 1. The van der Waals surface area contributed by atoms with Gasteiger partial charge >= 0.3 is 11.9 Å². The lowest BCUT2D eigenvalue weighted by Gasteiger charge is -2.21. The fourth-order valence-electron chi connectivity index (χ4n) is 12.0. The largest absolute Gasteiger partial charge is 0.471 e. The predicted octanol–water partition coefficient (Wildman–Crippen LogP) is 16.8. The zero-order chi connectivity index (χ0) is 59.0. The molecule has 0 N–H and O–H groups in total. The summed E-state index contributed by atoms with van der Waals surface area (Å²) in [6.45, 7) is 20.8. The molecule has 2 aromatic carbocycles. The minimum absolute atomic E-state index is 0.00281. The molecule has 0 saturated heterocycles. The highest BCUT2D eigenvalue weighted by molar-refractivity contribution is 7.38. The molecule has 0 aliphatic carbocycles. The third kappa shape index (κ3) is 16.8. The number of benzene rings is 2. The van der Waals surface area contributed by atoms with Crippen LogP contribution in [0.15, 0.2) is 19.2 Å². The lowest BCUT2D eigenvalue weighted by molar-refractivity contribution is -0.136. The summed E-state index contributed by atoms with van der Waals surface area (Å²) in [5, 5.41) is 11.5. The Morgan fingerprint density at radius 1 is 0.439 bits per heavy atom. The maximum Gasteiger partial charge on any atom is 0.351 e. The van der Waals surface area contributed by atoms with Crippen LogP contribution in [0.1, 0.15) is 247 Å². The van der Waals surface area contributed by atoms with Gasteiger partial charge in [0, 0.05) is 23.9 Å². The second-order valence-corrected chi connectivity index (χ2v) is 27.4. The van der Waals surface area contributed by atoms with Gasteiger partial charge in [-0.05, 0) is 51.4 Å². The van der Waals surface area contributed by atoms with Crippen molar-refractivity contribution in [3.8, 4) is 6.07 Å². The third-order valence-corrected chi connectivity index (χ3v) is 21.7. The van der Waals surface area contributed by atoms with Crippen molar-refractivity contribution in [3.05, 3.63) is 60.5 Å². The van der Waals surface area contributed by atoms with E-state index in [1.807, 2.05) is 0 Å². The third-order valence-electron chi connectivity index (χ3n) is 16.5. The smallest absolute Gasteiger partial charge is 0.351 e. The van der Waals surface area contributed by atoms with E-state index in [-0.39, 0.29) is 89.4 Å². The SMILES string of the molecule is [C-]#[N+]C(C(=O)OCC)=c1sc2c(s1)c1c(=O)n(CC(CCCCCCCC)CCCCCCCCCC)c(=O)c3c4sc(=C(C#N)C(=O)OCC)sc4c4c(=O)n(CC(CCCCCCCC)CCCCCCCCCC)c(=O)c2c4c31. The van der Waals surface area contributed by atoms with Gasteiger partial charge in [-0.1, -0.05) is 207 Å². The van der Waals surface area contributed by atoms with Gasteiger partial charge in [0.2, 0.25) is 0 Å². The fourth-order valence-corrected chi connectivity index (χ4v) is 17.4. The standard InChI is InChI=1S/C66H92N4O8S4/c1-8-14-18-22-26-28-32-36-40-45(38-34-30-24-20-16-10-3)43-69-59(71)50-48-49-51(56-55(50)79-65(80-56)47(42-67)63(75)77-12-5)60(72)70(44-46(39-35-31-25-21-17-11-4)41-37-33-29-27-23-19-15-9-2)62(74)53(49)58-57(52(48)61(69)73)81-66(82-58)54(68-7)64(76)78-13-6/h45-46H,8-41,43-44H2,1-6H3. The van der Waals surface area contributed by atoms with Crippen LogP contribution in [0.2, 0.25) is 0 Å². The number of pyridine rings is 2. The van der Waals surface area contributed by atoms with Crippen molar-refractivity contribution in [1.82, 2.24) is 9.13 Å². The fraction of sp³-hybridized carbons (Fsp3) is 0.667. The number of carbonyl (C=O) groups is 2. The first-order chi connectivity index (χ1) is 40.0. The lowest BCUT2D eigenvalue weighted by atomic mass is 9.92. The summed E-state index contributed by atoms with van der Waals surface area (Å²) in [4.78, 5) is 94.1. The summed E-state index contributed by atoms with van der Waals surface area (Å²) in [5.41, 5.74) is -2.73. The van der Waals surface area contributed by atoms with Crippen molar-refractivity contribution in [1.29, 1.82) is 5.26 Å². The quantitative estimate of drug-likeness (QED) is 0.0158. The molecule has 0 amide bonds. The Labute approximate surface area is 501 Å². The highest BCUT2D eigenvalue weighted by Crippen LogP contribution is 2.45. The molecule has 0 radical (unpaired) electrons. The average molecular weight is 1200 g/mol. The molecule has 2 unspecified atom stereocenters. The molecule has 2 atom stereocenters. The summed E-state index contributed by atoms with van der Waals surface area (Å²) >= 11 is 4.25. The van der Waals surface area contributed by atoms with Gasteiger partial charge in [0.1, 0.15) is 9.92 Å². The number of hydrogen-bond acceptors (Lipinski definition) is 13. The van der Waals surface area contributed by atoms with Gasteiger partial charge in [-0.15, -0.1) is 45.3 Å². The minimum atomic E-state index is -0.826. The van der Waals surface area contributed by atoms with Crippen LogP contribution in [0.3, 0.4) is 0 Å². The summed E-state index contributed by atoms with van der Waals surface area (Å²) in [7, 11) is 0. The molecule has 0 spiro atoms. The number of nitrogens with zero attached hydrogens (tertiary/aromatic N) is 4. The topological polar surface area (TPSA) is 159 Å². The van der Waals surface area contributed by atoms with Crippen molar-refractivity contribution in [2.75, 3.05) is 13.2 Å². The molecule has 16 heteroatoms. The van der Waals surface area contributed by atoms with Gasteiger partial charge in [0.05, 0.1) is 64.0 Å². The Hall–Kier alpha value is -4.74. The molecule has 6 rings (SSSR count). The van der Waals surface area contributed by atoms with Crippen molar-refractivity contribution in [2.24, 2.45) is 11.8 Å². The van der Waals surface area contributed by atoms with Gasteiger partial charge in [-0.25, -0.2) is 9.64 Å². The number of carbonyl (C=O) groups excluding carboxylic acids is 2. The molecule has 6 aromatic rings. The highest BCUT2D eigenvalue weighted by Gasteiger charge is 2.32. The van der Waals surface area contributed by atoms with E-state index >= 15 is 19.2 Å². The molecule has 82 heavy (non-hydrogen) atoms. The van der Waals surface area contributed by atoms with Crippen LogP contribution in [-0.2, 0) is 32.2 Å². The summed E-state index contributed by atoms with van der Waals surface area (Å²) < 4.78 is 15.4. The van der Waals surface area contributed by atoms with Crippen LogP contribution >= 0.6 is 45.3 Å². The summed E-state index contributed by atoms with van der Waals surface area (Å²) in [6, 6.07) is 2.06. The Bertz CT molecular complexity index is 3140. The zero-order valence-electron chi connectivity index (χ0n) is 50.3. The van der Waals surface area contributed by atoms with E-state index in [1.165, 1.54) is 99.0 Å². The molecule has 0 bridgehead atoms. The average Bonchev–Trinajstić information content (AvgIpc) is 1.31. The van der Waals surface area contributed by atoms with Crippen molar-refractivity contribution in [2.45, 2.75) is 260 Å². The number of esters is 2. The van der Waals surface area contributed by atoms with Crippen LogP contribution in [0.5, 0.6) is 0 Å². The number of ether oxygens (including phenoxy) is 2. The maximum atomic E-state index is 15.8. The zero-order valence-corrected chi connectivity index (χ0v) is 53.6. The van der Waals surface area contributed by atoms with E-state index in [0.29, 0.717) is 18.8 Å². The first-order valence-electron chi connectivity index (χ1n) is 31.7. The van der Waals surface area contributed by atoms with Gasteiger partial charge in [-0.3, -0.25) is 33.1 Å². The molecule has 4 heterocycles. The van der Waals surface area contributed by atoms with Gasteiger partial charge in [-0.2, -0.15) is 5.26 Å². The summed E-state index contributed by atoms with van der Waals surface area (Å²) in [6.07, 6.45) is 35.1. The number of unbranched alkanes of at least 4 members (excludes halogenated alkanes) is 24. The Kier molecular flexibility index (Phi) is 28.3. The molecular weight excluding hydrogens is 1110 g/mol. The van der Waals surface area contributed by atoms with Crippen molar-refractivity contribution < 1.29 is 19.1 Å². The van der Waals surface area contributed by atoms with E-state index in [2.05, 4.69) is 38.6 Å². The number of fused-ring (bicyclic) bond motifs is 6. The molecule has 0 aliphatic rings. The molecule has 4 aromatic heterocycles. The maximum absolute atomic E-state index is 15.8. The van der Waals surface area contributed by atoms with Crippen LogP contribution in [0.4, 0.5) is 0 Å². The summed E-state index contributed by atoms with van der Waals surface area (Å²) in [5.74, 6) is -1.64. The van der Waals surface area contributed by atoms with Crippen LogP contribution in [0.25, 0.3) is 67.2 Å². The van der Waals surface area contributed by atoms with Gasteiger partial charge in [0.25, 0.3) is 27.9 Å². The van der Waals surface area contributed by atoms with Crippen molar-refractivity contribution in [3.63, 3.8) is 0 Å². The monoisotopic (exact) mass is 1200 g/mol. The van der Waals surface area contributed by atoms with E-state index in [1.54, 1.807) is 13.8 Å². The molecule has 12 nitrogen and oxygen atoms in total. The second kappa shape index (κ2) is 34.9. The van der Waals surface area contributed by atoms with E-state index in [0.717, 1.165) is 161 Å². The van der Waals surface area contributed by atoms with Crippen LogP contribution < -0.4 is 29.9 Å². The number of rotatable bonds is 40. The number of hydrogen-bond donors (Lipinski definition) is 0. The van der Waals surface area contributed by atoms with Gasteiger partial charge < -0.3 is 9.47 Å².